The lowest BCUT2D eigenvalue weighted by atomic mass is 10.2. The van der Waals surface area contributed by atoms with E-state index >= 15 is 0 Å². The second-order valence-electron chi connectivity index (χ2n) is 6.41. The average Bonchev–Trinajstić information content (AvgIpc) is 3.21. The first-order chi connectivity index (χ1) is 13.3. The molecule has 0 bridgehead atoms. The Morgan fingerprint density at radius 3 is 2.89 bits per heavy atom. The van der Waals surface area contributed by atoms with Crippen LogP contribution in [0.4, 0.5) is 0 Å². The average molecular weight is 516 g/mol. The van der Waals surface area contributed by atoms with Crippen molar-refractivity contribution in [2.45, 2.75) is 13.0 Å². The molecule has 1 fully saturated rings. The van der Waals surface area contributed by atoms with E-state index < -0.39 is 0 Å². The Morgan fingerprint density at radius 2 is 2.11 bits per heavy atom. The summed E-state index contributed by atoms with van der Waals surface area (Å²) in [7, 11) is 0. The highest BCUT2D eigenvalue weighted by Gasteiger charge is 2.09. The van der Waals surface area contributed by atoms with Crippen molar-refractivity contribution < 1.29 is 9.47 Å². The molecule has 2 aromatic rings. The number of hydrogen-bond acceptors (Lipinski definition) is 5. The molecule has 3 N–H and O–H groups in total. The highest BCUT2D eigenvalue weighted by atomic mass is 127. The second kappa shape index (κ2) is 13.0. The highest BCUT2D eigenvalue weighted by Crippen LogP contribution is 2.14. The van der Waals surface area contributed by atoms with E-state index in [-0.39, 0.29) is 24.0 Å². The van der Waals surface area contributed by atoms with Crippen molar-refractivity contribution in [3.63, 3.8) is 0 Å². The molecule has 28 heavy (non-hydrogen) atoms. The molecule has 1 aliphatic heterocycles. The van der Waals surface area contributed by atoms with Crippen molar-refractivity contribution in [2.75, 3.05) is 46.0 Å². The molecule has 0 atom stereocenters. The van der Waals surface area contributed by atoms with Gasteiger partial charge in [0.05, 0.1) is 19.8 Å². The number of benzene rings is 1. The summed E-state index contributed by atoms with van der Waals surface area (Å²) in [6.45, 7) is 6.53. The molecular weight excluding hydrogens is 487 g/mol. The minimum atomic E-state index is 0. The van der Waals surface area contributed by atoms with Crippen LogP contribution >= 0.6 is 35.3 Å². The molecule has 3 rings (SSSR count). The fourth-order valence-corrected chi connectivity index (χ4v) is 3.56. The molecule has 154 valence electrons. The lowest BCUT2D eigenvalue weighted by Gasteiger charge is -2.26. The van der Waals surface area contributed by atoms with E-state index in [0.29, 0.717) is 19.1 Å². The third-order valence-corrected chi connectivity index (χ3v) is 5.30. The molecule has 0 spiro atoms. The van der Waals surface area contributed by atoms with Gasteiger partial charge < -0.3 is 20.5 Å². The third-order valence-electron chi connectivity index (χ3n) is 4.37. The lowest BCUT2D eigenvalue weighted by molar-refractivity contribution is 0.0322. The van der Waals surface area contributed by atoms with E-state index in [4.69, 9.17) is 15.2 Å². The minimum absolute atomic E-state index is 0. The van der Waals surface area contributed by atoms with Gasteiger partial charge in [0.25, 0.3) is 0 Å². The van der Waals surface area contributed by atoms with Gasteiger partial charge in [-0.25, -0.2) is 4.99 Å². The molecule has 8 heteroatoms. The SMILES string of the molecule is I.NC(=NCc1cccc(OCCN2CCOCC2)c1)NCCc1cccs1. The maximum Gasteiger partial charge on any atom is 0.188 e. The Hall–Kier alpha value is -1.36. The summed E-state index contributed by atoms with van der Waals surface area (Å²) in [5, 5.41) is 5.25. The maximum absolute atomic E-state index is 5.96. The van der Waals surface area contributed by atoms with Gasteiger partial charge in [-0.2, -0.15) is 0 Å². The van der Waals surface area contributed by atoms with Gasteiger partial charge >= 0.3 is 0 Å². The standard InChI is InChI=1S/C20H28N4O2S.HI/c21-20(22-7-6-19-5-2-14-27-19)23-16-17-3-1-4-18(15-17)26-13-10-24-8-11-25-12-9-24;/h1-5,14-15H,6-13,16H2,(H3,21,22,23);1H. The molecule has 1 saturated heterocycles. The van der Waals surface area contributed by atoms with Crippen LogP contribution in [-0.2, 0) is 17.7 Å². The van der Waals surface area contributed by atoms with Crippen molar-refractivity contribution >= 4 is 41.3 Å². The van der Waals surface area contributed by atoms with Crippen LogP contribution in [0.2, 0.25) is 0 Å². The second-order valence-corrected chi connectivity index (χ2v) is 7.44. The normalized spacial score (nSPS) is 15.1. The van der Waals surface area contributed by atoms with E-state index in [0.717, 1.165) is 57.1 Å². The van der Waals surface area contributed by atoms with Crippen LogP contribution in [0.3, 0.4) is 0 Å². The fraction of sp³-hybridized carbons (Fsp3) is 0.450. The Labute approximate surface area is 188 Å². The number of hydrogen-bond donors (Lipinski definition) is 2. The Kier molecular flexibility index (Phi) is 10.6. The Bertz CT molecular complexity index is 706. The molecule has 2 heterocycles. The van der Waals surface area contributed by atoms with E-state index in [9.17, 15) is 0 Å². The fourth-order valence-electron chi connectivity index (χ4n) is 2.85. The zero-order chi connectivity index (χ0) is 18.7. The van der Waals surface area contributed by atoms with Crippen LogP contribution in [0.1, 0.15) is 10.4 Å². The first kappa shape index (κ1) is 22.9. The topological polar surface area (TPSA) is 72.1 Å². The van der Waals surface area contributed by atoms with Crippen LogP contribution in [0, 0.1) is 0 Å². The molecular formula is C20H29IN4O2S. The minimum Gasteiger partial charge on any atom is -0.492 e. The monoisotopic (exact) mass is 516 g/mol. The summed E-state index contributed by atoms with van der Waals surface area (Å²) in [5.74, 6) is 1.35. The number of morpholine rings is 1. The predicted molar refractivity (Wildman–Crippen MR) is 126 cm³/mol. The van der Waals surface area contributed by atoms with Gasteiger partial charge in [-0.3, -0.25) is 4.90 Å². The lowest BCUT2D eigenvalue weighted by Crippen LogP contribution is -2.38. The van der Waals surface area contributed by atoms with Gasteiger partial charge in [-0.05, 0) is 35.6 Å². The van der Waals surface area contributed by atoms with Crippen molar-refractivity contribution in [1.29, 1.82) is 0 Å². The predicted octanol–water partition coefficient (Wildman–Crippen LogP) is 2.72. The van der Waals surface area contributed by atoms with Crippen LogP contribution in [0.25, 0.3) is 0 Å². The zero-order valence-corrected chi connectivity index (χ0v) is 19.2. The van der Waals surface area contributed by atoms with Gasteiger partial charge in [0, 0.05) is 31.1 Å². The number of aliphatic imine (C=N–C) groups is 1. The van der Waals surface area contributed by atoms with Gasteiger partial charge in [-0.1, -0.05) is 18.2 Å². The molecule has 6 nitrogen and oxygen atoms in total. The summed E-state index contributed by atoms with van der Waals surface area (Å²) >= 11 is 1.76. The summed E-state index contributed by atoms with van der Waals surface area (Å²) < 4.78 is 11.2. The van der Waals surface area contributed by atoms with Crippen molar-refractivity contribution in [1.82, 2.24) is 10.2 Å². The number of nitrogens with zero attached hydrogens (tertiary/aromatic N) is 2. The smallest absolute Gasteiger partial charge is 0.188 e. The first-order valence-electron chi connectivity index (χ1n) is 9.37. The number of thiophene rings is 1. The number of nitrogens with one attached hydrogen (secondary N) is 1. The Balaban J connectivity index is 0.00000280. The molecule has 0 saturated carbocycles. The molecule has 1 aliphatic rings. The van der Waals surface area contributed by atoms with Crippen molar-refractivity contribution in [3.8, 4) is 5.75 Å². The number of halogens is 1. The van der Waals surface area contributed by atoms with Crippen LogP contribution in [0.5, 0.6) is 5.75 Å². The molecule has 1 aromatic carbocycles. The molecule has 1 aromatic heterocycles. The van der Waals surface area contributed by atoms with E-state index in [1.165, 1.54) is 4.88 Å². The van der Waals surface area contributed by atoms with Crippen LogP contribution in [-0.4, -0.2) is 56.9 Å². The molecule has 0 radical (unpaired) electrons. The largest absolute Gasteiger partial charge is 0.492 e. The summed E-state index contributed by atoms with van der Waals surface area (Å²) in [6.07, 6.45) is 0.959. The number of ether oxygens (including phenoxy) is 2. The van der Waals surface area contributed by atoms with E-state index in [1.54, 1.807) is 11.3 Å². The molecule has 0 aliphatic carbocycles. The summed E-state index contributed by atoms with van der Waals surface area (Å²) in [5.41, 5.74) is 7.04. The van der Waals surface area contributed by atoms with Gasteiger partial charge in [0.1, 0.15) is 12.4 Å². The maximum atomic E-state index is 5.96. The third kappa shape index (κ3) is 8.34. The quantitative estimate of drug-likeness (QED) is 0.305. The van der Waals surface area contributed by atoms with Crippen molar-refractivity contribution in [3.05, 3.63) is 52.2 Å². The summed E-state index contributed by atoms with van der Waals surface area (Å²) in [6, 6.07) is 12.2. The zero-order valence-electron chi connectivity index (χ0n) is 16.0. The molecule has 0 amide bonds. The number of nitrogens with two attached hydrogens (primary N) is 1. The van der Waals surface area contributed by atoms with Crippen LogP contribution < -0.4 is 15.8 Å². The highest BCUT2D eigenvalue weighted by molar-refractivity contribution is 14.0. The first-order valence-corrected chi connectivity index (χ1v) is 10.3. The van der Waals surface area contributed by atoms with Crippen LogP contribution in [0.15, 0.2) is 46.8 Å². The van der Waals surface area contributed by atoms with Crippen molar-refractivity contribution in [2.24, 2.45) is 10.7 Å². The van der Waals surface area contributed by atoms with Gasteiger partial charge in [0.2, 0.25) is 0 Å². The van der Waals surface area contributed by atoms with Gasteiger partial charge in [0.15, 0.2) is 5.96 Å². The Morgan fingerprint density at radius 1 is 1.25 bits per heavy atom. The van der Waals surface area contributed by atoms with E-state index in [1.807, 2.05) is 24.3 Å². The van der Waals surface area contributed by atoms with E-state index in [2.05, 4.69) is 32.7 Å². The number of guanidine groups is 1. The summed E-state index contributed by atoms with van der Waals surface area (Å²) in [4.78, 5) is 8.12. The number of rotatable bonds is 9. The van der Waals surface area contributed by atoms with Gasteiger partial charge in [-0.15, -0.1) is 35.3 Å². The molecule has 0 unspecified atom stereocenters.